The minimum absolute atomic E-state index is 0.161. The molecule has 0 amide bonds. The number of benzene rings is 2. The maximum atomic E-state index is 11.8. The highest BCUT2D eigenvalue weighted by molar-refractivity contribution is 7.99. The zero-order chi connectivity index (χ0) is 23.1. The second-order valence-electron chi connectivity index (χ2n) is 8.72. The first kappa shape index (κ1) is 24.4. The molecular formula is C28H36O3S. The van der Waals surface area contributed by atoms with E-state index in [-0.39, 0.29) is 5.97 Å². The summed E-state index contributed by atoms with van der Waals surface area (Å²) in [5.41, 5.74) is 4.54. The molecule has 0 saturated carbocycles. The van der Waals surface area contributed by atoms with Crippen LogP contribution in [0, 0.1) is 20.8 Å². The zero-order valence-electron chi connectivity index (χ0n) is 20.1. The summed E-state index contributed by atoms with van der Waals surface area (Å²) in [5.74, 6) is 3.13. The van der Waals surface area contributed by atoms with Crippen LogP contribution in [0.5, 0.6) is 5.75 Å². The molecule has 2 aromatic carbocycles. The normalized spacial score (nSPS) is 12.3. The minimum atomic E-state index is -0.161. The van der Waals surface area contributed by atoms with Crippen molar-refractivity contribution in [2.24, 2.45) is 0 Å². The molecule has 0 aliphatic heterocycles. The molecule has 0 aliphatic carbocycles. The molecule has 0 spiro atoms. The Morgan fingerprint density at radius 1 is 1.03 bits per heavy atom. The lowest BCUT2D eigenvalue weighted by Gasteiger charge is -2.15. The quantitative estimate of drug-likeness (QED) is 0.166. The molecule has 0 aliphatic rings. The van der Waals surface area contributed by atoms with Crippen LogP contribution in [-0.2, 0) is 4.79 Å². The van der Waals surface area contributed by atoms with Crippen molar-refractivity contribution in [1.29, 1.82) is 0 Å². The van der Waals surface area contributed by atoms with Crippen LogP contribution in [0.25, 0.3) is 11.0 Å². The van der Waals surface area contributed by atoms with Gasteiger partial charge in [0, 0.05) is 22.6 Å². The van der Waals surface area contributed by atoms with Gasteiger partial charge in [0.15, 0.2) is 0 Å². The van der Waals surface area contributed by atoms with Gasteiger partial charge in [-0.25, -0.2) is 0 Å². The van der Waals surface area contributed by atoms with Gasteiger partial charge in [-0.05, 0) is 86.7 Å². The average Bonchev–Trinajstić information content (AvgIpc) is 3.08. The second-order valence-corrected chi connectivity index (χ2v) is 9.89. The van der Waals surface area contributed by atoms with Gasteiger partial charge in [0.05, 0.1) is 0 Å². The van der Waals surface area contributed by atoms with Gasteiger partial charge in [0.1, 0.15) is 17.1 Å². The van der Waals surface area contributed by atoms with Crippen molar-refractivity contribution >= 4 is 28.7 Å². The Morgan fingerprint density at radius 2 is 1.84 bits per heavy atom. The summed E-state index contributed by atoms with van der Waals surface area (Å²) in [7, 11) is 0. The largest absolute Gasteiger partial charge is 0.460 e. The molecule has 1 aromatic heterocycles. The van der Waals surface area contributed by atoms with Gasteiger partial charge in [-0.15, -0.1) is 11.8 Å². The van der Waals surface area contributed by atoms with Gasteiger partial charge in [-0.1, -0.05) is 38.8 Å². The van der Waals surface area contributed by atoms with Crippen LogP contribution in [0.1, 0.15) is 80.7 Å². The Morgan fingerprint density at radius 3 is 2.56 bits per heavy atom. The molecule has 1 heterocycles. The summed E-state index contributed by atoms with van der Waals surface area (Å²) < 4.78 is 11.9. The number of fused-ring (bicyclic) bond motifs is 1. The molecule has 3 rings (SSSR count). The first-order valence-corrected chi connectivity index (χ1v) is 12.8. The molecule has 0 radical (unpaired) electrons. The first-order valence-electron chi connectivity index (χ1n) is 11.9. The van der Waals surface area contributed by atoms with E-state index < -0.39 is 0 Å². The van der Waals surface area contributed by atoms with Crippen molar-refractivity contribution in [3.05, 3.63) is 58.8 Å². The third-order valence-corrected chi connectivity index (χ3v) is 6.99. The number of carbonyl (C=O) groups excluding carboxylic acids is 1. The molecule has 32 heavy (non-hydrogen) atoms. The van der Waals surface area contributed by atoms with E-state index in [1.54, 1.807) is 0 Å². The lowest BCUT2D eigenvalue weighted by Crippen LogP contribution is -2.07. The number of esters is 1. The molecule has 0 N–H and O–H groups in total. The predicted octanol–water partition coefficient (Wildman–Crippen LogP) is 8.52. The summed E-state index contributed by atoms with van der Waals surface area (Å²) in [6, 6.07) is 12.6. The van der Waals surface area contributed by atoms with Gasteiger partial charge in [0.2, 0.25) is 0 Å². The van der Waals surface area contributed by atoms with Gasteiger partial charge in [-0.2, -0.15) is 0 Å². The van der Waals surface area contributed by atoms with Crippen molar-refractivity contribution in [3.8, 4) is 5.75 Å². The lowest BCUT2D eigenvalue weighted by atomic mass is 9.93. The summed E-state index contributed by atoms with van der Waals surface area (Å²) in [6.07, 6.45) is 5.89. The molecule has 3 aromatic rings. The molecule has 3 nitrogen and oxygen atoms in total. The van der Waals surface area contributed by atoms with Crippen molar-refractivity contribution in [2.75, 3.05) is 5.75 Å². The number of aryl methyl sites for hydroxylation is 3. The molecule has 1 atom stereocenters. The van der Waals surface area contributed by atoms with E-state index in [9.17, 15) is 4.79 Å². The number of furan rings is 1. The van der Waals surface area contributed by atoms with E-state index in [1.165, 1.54) is 34.3 Å². The predicted molar refractivity (Wildman–Crippen MR) is 135 cm³/mol. The van der Waals surface area contributed by atoms with Crippen molar-refractivity contribution in [1.82, 2.24) is 0 Å². The highest BCUT2D eigenvalue weighted by Crippen LogP contribution is 2.37. The number of unbranched alkanes of at least 4 members (excludes halogenated alkanes) is 1. The molecular weight excluding hydrogens is 416 g/mol. The Bertz CT molecular complexity index is 1050. The van der Waals surface area contributed by atoms with Gasteiger partial charge >= 0.3 is 5.97 Å². The zero-order valence-corrected chi connectivity index (χ0v) is 20.9. The van der Waals surface area contributed by atoms with Crippen LogP contribution in [0.15, 0.2) is 45.7 Å². The molecule has 0 fully saturated rings. The van der Waals surface area contributed by atoms with Crippen molar-refractivity contribution in [3.63, 3.8) is 0 Å². The number of rotatable bonds is 11. The maximum absolute atomic E-state index is 11.8. The molecule has 4 heteroatoms. The number of thioether (sulfide) groups is 1. The monoisotopic (exact) mass is 452 g/mol. The molecule has 1 unspecified atom stereocenters. The average molecular weight is 453 g/mol. The Balaban J connectivity index is 1.67. The molecule has 0 saturated heterocycles. The number of carbonyl (C=O) groups is 1. The van der Waals surface area contributed by atoms with Gasteiger partial charge in [0.25, 0.3) is 0 Å². The fourth-order valence-electron chi connectivity index (χ4n) is 4.12. The maximum Gasteiger partial charge on any atom is 0.311 e. The Hall–Kier alpha value is -2.20. The standard InChI is InChI=1S/C28H36O3S/c1-6-8-10-22(28-21(5)24-13-11-19(3)17-26(24)31-28)15-16-32-23-12-14-25(20(4)18-23)30-27(29)9-7-2/h11-14,17-18,22H,6-10,15-16H2,1-5H3. The van der Waals surface area contributed by atoms with E-state index in [0.717, 1.165) is 41.9 Å². The summed E-state index contributed by atoms with van der Waals surface area (Å²) >= 11 is 1.86. The van der Waals surface area contributed by atoms with Crippen LogP contribution in [0.2, 0.25) is 0 Å². The number of hydrogen-bond acceptors (Lipinski definition) is 4. The Kier molecular flexibility index (Phi) is 8.86. The van der Waals surface area contributed by atoms with Crippen LogP contribution in [-0.4, -0.2) is 11.7 Å². The fraction of sp³-hybridized carbons (Fsp3) is 0.464. The smallest absolute Gasteiger partial charge is 0.311 e. The number of ether oxygens (including phenoxy) is 1. The minimum Gasteiger partial charge on any atom is -0.460 e. The fourth-order valence-corrected chi connectivity index (χ4v) is 5.18. The molecule has 172 valence electrons. The second kappa shape index (κ2) is 11.6. The van der Waals surface area contributed by atoms with Crippen molar-refractivity contribution in [2.45, 2.75) is 84.0 Å². The third-order valence-electron chi connectivity index (χ3n) is 5.97. The molecule has 0 bridgehead atoms. The first-order chi connectivity index (χ1) is 15.4. The Labute approximate surface area is 196 Å². The summed E-state index contributed by atoms with van der Waals surface area (Å²) in [5, 5.41) is 1.24. The topological polar surface area (TPSA) is 39.4 Å². The van der Waals surface area contributed by atoms with E-state index in [4.69, 9.17) is 9.15 Å². The van der Waals surface area contributed by atoms with Crippen molar-refractivity contribution < 1.29 is 13.9 Å². The van der Waals surface area contributed by atoms with Gasteiger partial charge in [-0.3, -0.25) is 4.79 Å². The number of hydrogen-bond donors (Lipinski definition) is 0. The van der Waals surface area contributed by atoms with Gasteiger partial charge < -0.3 is 9.15 Å². The SMILES string of the molecule is CCCCC(CCSc1ccc(OC(=O)CCC)c(C)c1)c1oc2cc(C)ccc2c1C. The van der Waals surface area contributed by atoms with E-state index in [2.05, 4.69) is 51.1 Å². The lowest BCUT2D eigenvalue weighted by molar-refractivity contribution is -0.134. The summed E-state index contributed by atoms with van der Waals surface area (Å²) in [4.78, 5) is 13.0. The van der Waals surface area contributed by atoms with E-state index in [0.29, 0.717) is 18.1 Å². The van der Waals surface area contributed by atoms with Crippen LogP contribution in [0.4, 0.5) is 0 Å². The van der Waals surface area contributed by atoms with E-state index in [1.807, 2.05) is 31.7 Å². The van der Waals surface area contributed by atoms with Crippen LogP contribution in [0.3, 0.4) is 0 Å². The van der Waals surface area contributed by atoms with E-state index >= 15 is 0 Å². The van der Waals surface area contributed by atoms with Crippen LogP contribution < -0.4 is 4.74 Å². The highest BCUT2D eigenvalue weighted by Gasteiger charge is 2.20. The van der Waals surface area contributed by atoms with Crippen LogP contribution >= 0.6 is 11.8 Å². The third kappa shape index (κ3) is 6.19. The summed E-state index contributed by atoms with van der Waals surface area (Å²) in [6.45, 7) is 10.5. The highest BCUT2D eigenvalue weighted by atomic mass is 32.2.